The van der Waals surface area contributed by atoms with E-state index in [0.29, 0.717) is 0 Å². The number of phenols is 1. The third-order valence-electron chi connectivity index (χ3n) is 2.85. The Kier molecular flexibility index (Phi) is 3.90. The van der Waals surface area contributed by atoms with Gasteiger partial charge >= 0.3 is 5.97 Å². The van der Waals surface area contributed by atoms with Gasteiger partial charge in [0.05, 0.1) is 24.4 Å². The van der Waals surface area contributed by atoms with Crippen molar-refractivity contribution < 1.29 is 29.7 Å². The number of rotatable bonds is 5. The number of nitrogens with zero attached hydrogens (tertiary/aromatic N) is 1. The van der Waals surface area contributed by atoms with Crippen molar-refractivity contribution >= 4 is 23.5 Å². The Balaban J connectivity index is 2.20. The molecule has 1 aromatic rings. The molecule has 21 heavy (non-hydrogen) atoms. The summed E-state index contributed by atoms with van der Waals surface area (Å²) < 4.78 is 0. The van der Waals surface area contributed by atoms with Gasteiger partial charge in [0.15, 0.2) is 0 Å². The SMILES string of the molecule is O=C(O)c1ccc(NC2=CC(=O)N(CCO)C2=O)c(O)c1. The highest BCUT2D eigenvalue weighted by Gasteiger charge is 2.30. The maximum absolute atomic E-state index is 11.9. The molecule has 0 bridgehead atoms. The van der Waals surface area contributed by atoms with Gasteiger partial charge in [-0.1, -0.05) is 0 Å². The number of hydrogen-bond donors (Lipinski definition) is 4. The minimum absolute atomic E-state index is 0.0631. The summed E-state index contributed by atoms with van der Waals surface area (Å²) in [5, 5.41) is 29.9. The van der Waals surface area contributed by atoms with Crippen LogP contribution in [0.25, 0.3) is 0 Å². The Labute approximate surface area is 118 Å². The highest BCUT2D eigenvalue weighted by Crippen LogP contribution is 2.27. The van der Waals surface area contributed by atoms with Gasteiger partial charge < -0.3 is 20.6 Å². The number of aromatic hydroxyl groups is 1. The number of anilines is 1. The summed E-state index contributed by atoms with van der Waals surface area (Å²) in [7, 11) is 0. The lowest BCUT2D eigenvalue weighted by Gasteiger charge is -2.14. The standard InChI is InChI=1S/C13H12N2O6/c16-4-3-15-11(18)6-9(12(15)19)14-8-2-1-7(13(20)21)5-10(8)17/h1-2,5-6,14,16-17H,3-4H2,(H,20,21). The molecule has 0 atom stereocenters. The van der Waals surface area contributed by atoms with E-state index in [4.69, 9.17) is 10.2 Å². The molecule has 0 aliphatic carbocycles. The summed E-state index contributed by atoms with van der Waals surface area (Å²) in [6.45, 7) is -0.472. The summed E-state index contributed by atoms with van der Waals surface area (Å²) in [4.78, 5) is 35.0. The van der Waals surface area contributed by atoms with Crippen LogP contribution in [0.4, 0.5) is 5.69 Å². The first-order valence-electron chi connectivity index (χ1n) is 5.95. The number of phenolic OH excluding ortho intramolecular Hbond substituents is 1. The molecule has 0 fully saturated rings. The van der Waals surface area contributed by atoms with Crippen LogP contribution in [-0.2, 0) is 9.59 Å². The average Bonchev–Trinajstić information content (AvgIpc) is 2.69. The first-order chi connectivity index (χ1) is 9.93. The lowest BCUT2D eigenvalue weighted by molar-refractivity contribution is -0.137. The number of aromatic carboxylic acids is 1. The van der Waals surface area contributed by atoms with Crippen LogP contribution in [0, 0.1) is 0 Å². The zero-order valence-electron chi connectivity index (χ0n) is 10.7. The number of carbonyl (C=O) groups excluding carboxylic acids is 2. The van der Waals surface area contributed by atoms with Crippen molar-refractivity contribution in [3.8, 4) is 5.75 Å². The number of β-amino-alcohol motifs (C(OH)–C–C–N with tert-alkyl or cyclic N) is 1. The molecular weight excluding hydrogens is 280 g/mol. The van der Waals surface area contributed by atoms with Crippen molar-refractivity contribution in [2.75, 3.05) is 18.5 Å². The Morgan fingerprint density at radius 3 is 2.57 bits per heavy atom. The van der Waals surface area contributed by atoms with Gasteiger partial charge in [0.25, 0.3) is 11.8 Å². The van der Waals surface area contributed by atoms with Gasteiger partial charge in [0.1, 0.15) is 11.4 Å². The van der Waals surface area contributed by atoms with Gasteiger partial charge in [-0.3, -0.25) is 14.5 Å². The summed E-state index contributed by atoms with van der Waals surface area (Å²) >= 11 is 0. The fourth-order valence-electron chi connectivity index (χ4n) is 1.83. The zero-order chi connectivity index (χ0) is 15.6. The fraction of sp³-hybridized carbons (Fsp3) is 0.154. The quantitative estimate of drug-likeness (QED) is 0.435. The maximum atomic E-state index is 11.9. The van der Waals surface area contributed by atoms with Crippen molar-refractivity contribution in [1.82, 2.24) is 4.90 Å². The fourth-order valence-corrected chi connectivity index (χ4v) is 1.83. The Morgan fingerprint density at radius 2 is 2.00 bits per heavy atom. The van der Waals surface area contributed by atoms with Crippen molar-refractivity contribution in [2.45, 2.75) is 0 Å². The molecule has 1 aliphatic heterocycles. The summed E-state index contributed by atoms with van der Waals surface area (Å²) in [5.74, 6) is -2.76. The molecule has 0 saturated heterocycles. The molecular formula is C13H12N2O6. The van der Waals surface area contributed by atoms with Crippen LogP contribution >= 0.6 is 0 Å². The smallest absolute Gasteiger partial charge is 0.335 e. The Hall–Kier alpha value is -2.87. The molecule has 0 saturated carbocycles. The number of aliphatic hydroxyl groups is 1. The molecule has 0 unspecified atom stereocenters. The third-order valence-corrected chi connectivity index (χ3v) is 2.85. The van der Waals surface area contributed by atoms with E-state index in [-0.39, 0.29) is 35.8 Å². The summed E-state index contributed by atoms with van der Waals surface area (Å²) in [6, 6.07) is 3.56. The first-order valence-corrected chi connectivity index (χ1v) is 5.95. The van der Waals surface area contributed by atoms with Gasteiger partial charge in [-0.05, 0) is 18.2 Å². The van der Waals surface area contributed by atoms with E-state index in [1.807, 2.05) is 0 Å². The largest absolute Gasteiger partial charge is 0.506 e. The van der Waals surface area contributed by atoms with Gasteiger partial charge in [0, 0.05) is 6.08 Å². The second-order valence-electron chi connectivity index (χ2n) is 4.24. The topological polar surface area (TPSA) is 127 Å². The normalized spacial score (nSPS) is 14.3. The van der Waals surface area contributed by atoms with Crippen LogP contribution in [0.1, 0.15) is 10.4 Å². The van der Waals surface area contributed by atoms with Gasteiger partial charge in [0.2, 0.25) is 0 Å². The number of aliphatic hydroxyl groups excluding tert-OH is 1. The molecule has 2 rings (SSSR count). The first kappa shape index (κ1) is 14.5. The summed E-state index contributed by atoms with van der Waals surface area (Å²) in [5.41, 5.74) is -0.0761. The summed E-state index contributed by atoms with van der Waals surface area (Å²) in [6.07, 6.45) is 1.04. The lowest BCUT2D eigenvalue weighted by Crippen LogP contribution is -2.34. The second-order valence-corrected chi connectivity index (χ2v) is 4.24. The molecule has 1 heterocycles. The predicted molar refractivity (Wildman–Crippen MR) is 70.6 cm³/mol. The number of imide groups is 1. The molecule has 8 heteroatoms. The van der Waals surface area contributed by atoms with Crippen molar-refractivity contribution in [1.29, 1.82) is 0 Å². The average molecular weight is 292 g/mol. The predicted octanol–water partition coefficient (Wildman–Crippen LogP) is -0.253. The van der Waals surface area contributed by atoms with Crippen LogP contribution in [0.2, 0.25) is 0 Å². The van der Waals surface area contributed by atoms with E-state index in [9.17, 15) is 19.5 Å². The van der Waals surface area contributed by atoms with Gasteiger partial charge in [-0.15, -0.1) is 0 Å². The number of nitrogens with one attached hydrogen (secondary N) is 1. The number of carboxylic acid groups (broad SMARTS) is 1. The lowest BCUT2D eigenvalue weighted by atomic mass is 10.2. The van der Waals surface area contributed by atoms with Crippen LogP contribution in [-0.4, -0.2) is 51.2 Å². The van der Waals surface area contributed by atoms with Crippen molar-refractivity contribution in [2.24, 2.45) is 0 Å². The van der Waals surface area contributed by atoms with Crippen LogP contribution < -0.4 is 5.32 Å². The van der Waals surface area contributed by atoms with E-state index in [1.54, 1.807) is 0 Å². The van der Waals surface area contributed by atoms with E-state index >= 15 is 0 Å². The zero-order valence-corrected chi connectivity index (χ0v) is 10.7. The minimum atomic E-state index is -1.20. The molecule has 4 N–H and O–H groups in total. The number of hydrogen-bond acceptors (Lipinski definition) is 6. The number of carboxylic acids is 1. The van der Waals surface area contributed by atoms with E-state index < -0.39 is 17.8 Å². The second kappa shape index (κ2) is 5.63. The molecule has 1 aliphatic rings. The van der Waals surface area contributed by atoms with Gasteiger partial charge in [-0.25, -0.2) is 4.79 Å². The molecule has 0 radical (unpaired) electrons. The highest BCUT2D eigenvalue weighted by atomic mass is 16.4. The van der Waals surface area contributed by atoms with Crippen LogP contribution in [0.3, 0.4) is 0 Å². The molecule has 1 aromatic carbocycles. The van der Waals surface area contributed by atoms with E-state index in [1.165, 1.54) is 12.1 Å². The molecule has 8 nitrogen and oxygen atoms in total. The molecule has 2 amide bonds. The minimum Gasteiger partial charge on any atom is -0.506 e. The highest BCUT2D eigenvalue weighted by molar-refractivity contribution is 6.17. The molecule has 110 valence electrons. The molecule has 0 spiro atoms. The third kappa shape index (κ3) is 2.84. The van der Waals surface area contributed by atoms with Crippen molar-refractivity contribution in [3.63, 3.8) is 0 Å². The number of amides is 2. The number of carbonyl (C=O) groups is 3. The van der Waals surface area contributed by atoms with E-state index in [0.717, 1.165) is 17.0 Å². The van der Waals surface area contributed by atoms with Crippen LogP contribution in [0.15, 0.2) is 30.0 Å². The monoisotopic (exact) mass is 292 g/mol. The molecule has 0 aromatic heterocycles. The van der Waals surface area contributed by atoms with Crippen LogP contribution in [0.5, 0.6) is 5.75 Å². The Bertz CT molecular complexity index is 652. The van der Waals surface area contributed by atoms with Gasteiger partial charge in [-0.2, -0.15) is 0 Å². The van der Waals surface area contributed by atoms with E-state index in [2.05, 4.69) is 5.32 Å². The van der Waals surface area contributed by atoms with Crippen molar-refractivity contribution in [3.05, 3.63) is 35.5 Å². The Morgan fingerprint density at radius 1 is 1.29 bits per heavy atom. The number of benzene rings is 1. The maximum Gasteiger partial charge on any atom is 0.335 e.